The molecule has 186 valence electrons. The summed E-state index contributed by atoms with van der Waals surface area (Å²) in [5.74, 6) is -0.171. The van der Waals surface area contributed by atoms with Gasteiger partial charge in [0.2, 0.25) is 0 Å². The molecule has 1 saturated heterocycles. The van der Waals surface area contributed by atoms with Crippen molar-refractivity contribution in [3.63, 3.8) is 0 Å². The van der Waals surface area contributed by atoms with Gasteiger partial charge in [-0.2, -0.15) is 0 Å². The van der Waals surface area contributed by atoms with Crippen LogP contribution in [-0.4, -0.2) is 49.9 Å². The zero-order chi connectivity index (χ0) is 24.6. The zero-order valence-corrected chi connectivity index (χ0v) is 21.6. The molecular formula is C23H45N4O4P. The van der Waals surface area contributed by atoms with E-state index in [-0.39, 0.29) is 49.2 Å². The number of carbonyl (C=O) groups is 1. The molecule has 1 N–H and O–H groups in total. The predicted octanol–water partition coefficient (Wildman–Crippen LogP) is 5.56. The first-order chi connectivity index (χ1) is 15.8. The Labute approximate surface area is 198 Å². The smallest absolute Gasteiger partial charge is 0.302 e. The minimum atomic E-state index is -0.662. The predicted molar refractivity (Wildman–Crippen MR) is 131 cm³/mol. The second-order valence-electron chi connectivity index (χ2n) is 8.88. The van der Waals surface area contributed by atoms with E-state index in [1.165, 1.54) is 50.8 Å². The Hall–Kier alpha value is -0.910. The van der Waals surface area contributed by atoms with E-state index in [1.54, 1.807) is 0 Å². The van der Waals surface area contributed by atoms with Gasteiger partial charge in [-0.1, -0.05) is 77.3 Å². The average molecular weight is 474 g/mol. The molecule has 7 atom stereocenters. The molecule has 1 rings (SSSR count). The topological polar surface area (TPSA) is 106 Å². The quantitative estimate of drug-likeness (QED) is 0.0743. The summed E-state index contributed by atoms with van der Waals surface area (Å²) in [6.07, 6.45) is 10.0. The molecule has 9 heteroatoms. The van der Waals surface area contributed by atoms with Gasteiger partial charge in [-0.05, 0) is 23.8 Å². The third-order valence-electron chi connectivity index (χ3n) is 6.37. The summed E-state index contributed by atoms with van der Waals surface area (Å²) in [4.78, 5) is 14.3. The van der Waals surface area contributed by atoms with E-state index in [1.807, 2.05) is 6.92 Å². The molecule has 0 radical (unpaired) electrons. The minimum Gasteiger partial charge on any atom is -0.463 e. The molecule has 0 aromatic rings. The van der Waals surface area contributed by atoms with Crippen LogP contribution in [0.25, 0.3) is 10.4 Å². The molecule has 0 aromatic heterocycles. The van der Waals surface area contributed by atoms with Crippen molar-refractivity contribution in [2.75, 3.05) is 19.5 Å². The van der Waals surface area contributed by atoms with Crippen LogP contribution in [0, 0.1) is 11.8 Å². The lowest BCUT2D eigenvalue weighted by Gasteiger charge is -2.44. The van der Waals surface area contributed by atoms with Gasteiger partial charge in [0.1, 0.15) is 8.02 Å². The van der Waals surface area contributed by atoms with Crippen LogP contribution in [0.4, 0.5) is 0 Å². The van der Waals surface area contributed by atoms with Crippen LogP contribution < -0.4 is 5.31 Å². The van der Waals surface area contributed by atoms with Crippen LogP contribution in [0.15, 0.2) is 5.11 Å². The molecule has 0 bridgehead atoms. The number of carbonyl (C=O) groups excluding carboxylic acids is 1. The van der Waals surface area contributed by atoms with Gasteiger partial charge in [0.15, 0.2) is 6.29 Å². The van der Waals surface area contributed by atoms with Gasteiger partial charge in [-0.25, -0.2) is 0 Å². The van der Waals surface area contributed by atoms with Crippen molar-refractivity contribution in [1.29, 1.82) is 0 Å². The number of esters is 1. The van der Waals surface area contributed by atoms with Crippen molar-refractivity contribution in [2.24, 2.45) is 17.0 Å². The van der Waals surface area contributed by atoms with Gasteiger partial charge in [0.25, 0.3) is 0 Å². The largest absolute Gasteiger partial charge is 0.463 e. The zero-order valence-electron chi connectivity index (χ0n) is 21.4. The standard InChI is InChI=1S/C23H45N4O4P/c1-5-6-7-8-9-10-11-12-13-20(26-27-24)14-30-23-22(25-16-32)18(3)17(2)21(31-23)15-29-19(4)28/h17-18,20-23,25H,5-16,32H2,1-4H3/t17-,18-,20?,21?,22?,23+/m0/s1/i/hD. The molecule has 32 heavy (non-hydrogen) atoms. The maximum absolute atomic E-state index is 11.3. The summed E-state index contributed by atoms with van der Waals surface area (Å²) >= 11 is 0. The monoisotopic (exact) mass is 473 g/mol. The number of hydrogen-bond acceptors (Lipinski definition) is 6. The second kappa shape index (κ2) is 17.6. The lowest BCUT2D eigenvalue weighted by molar-refractivity contribution is -0.245. The SMILES string of the molecule is [2H]N(CP)C1[C@H](OCC(CCCCCCCCCC)N=[N+]=[N-])OC(COC(C)=O)[C@@H](C)[C@@H]1C. The number of rotatable bonds is 17. The second-order valence-corrected chi connectivity index (χ2v) is 9.24. The number of azide groups is 1. The molecule has 8 nitrogen and oxygen atoms in total. The summed E-state index contributed by atoms with van der Waals surface area (Å²) in [6.45, 7) is 8.12. The highest BCUT2D eigenvalue weighted by Crippen LogP contribution is 2.32. The van der Waals surface area contributed by atoms with Crippen LogP contribution in [-0.2, 0) is 19.0 Å². The Kier molecular flexibility index (Phi) is 15.0. The van der Waals surface area contributed by atoms with Crippen LogP contribution >= 0.6 is 9.24 Å². The number of nitrogens with zero attached hydrogens (tertiary/aromatic N) is 3. The molecule has 0 saturated carbocycles. The molecule has 4 unspecified atom stereocenters. The number of hydrogen-bond donors (Lipinski definition) is 1. The summed E-state index contributed by atoms with van der Waals surface area (Å²) in [5.41, 5.74) is 9.00. The Balaban J connectivity index is 2.63. The summed E-state index contributed by atoms with van der Waals surface area (Å²) in [5, 5.41) is 5.39. The Morgan fingerprint density at radius 2 is 1.88 bits per heavy atom. The lowest BCUT2D eigenvalue weighted by atomic mass is 9.82. The van der Waals surface area contributed by atoms with Gasteiger partial charge >= 0.3 is 5.97 Å². The molecule has 1 aliphatic heterocycles. The molecule has 1 fully saturated rings. The molecule has 0 spiro atoms. The van der Waals surface area contributed by atoms with Crippen molar-refractivity contribution < 1.29 is 20.4 Å². The normalized spacial score (nSPS) is 26.9. The van der Waals surface area contributed by atoms with Crippen molar-refractivity contribution in [3.8, 4) is 0 Å². The van der Waals surface area contributed by atoms with Crippen molar-refractivity contribution in [1.82, 2.24) is 5.31 Å². The molecule has 0 aromatic carbocycles. The van der Waals surface area contributed by atoms with E-state index in [0.29, 0.717) is 6.29 Å². The van der Waals surface area contributed by atoms with Crippen LogP contribution in [0.2, 0.25) is 1.41 Å². The van der Waals surface area contributed by atoms with Gasteiger partial charge in [-0.3, -0.25) is 4.79 Å². The highest BCUT2D eigenvalue weighted by Gasteiger charge is 2.42. The summed E-state index contributed by atoms with van der Waals surface area (Å²) < 4.78 is 25.8. The van der Waals surface area contributed by atoms with Crippen LogP contribution in [0.1, 0.15) is 85.5 Å². The van der Waals surface area contributed by atoms with Gasteiger partial charge in [0.05, 0.1) is 24.8 Å². The Morgan fingerprint density at radius 3 is 2.47 bits per heavy atom. The summed E-state index contributed by atoms with van der Waals surface area (Å²) in [6, 6.07) is -0.544. The Morgan fingerprint density at radius 1 is 1.22 bits per heavy atom. The van der Waals surface area contributed by atoms with Crippen LogP contribution in [0.5, 0.6) is 0 Å². The molecule has 0 aliphatic carbocycles. The van der Waals surface area contributed by atoms with Crippen molar-refractivity contribution in [2.45, 2.75) is 110 Å². The molecular weight excluding hydrogens is 427 g/mol. The van der Waals surface area contributed by atoms with E-state index < -0.39 is 6.29 Å². The average Bonchev–Trinajstić information content (AvgIpc) is 2.79. The third-order valence-corrected chi connectivity index (χ3v) is 6.58. The molecule has 1 heterocycles. The van der Waals surface area contributed by atoms with Crippen molar-refractivity contribution in [3.05, 3.63) is 10.4 Å². The third kappa shape index (κ3) is 11.3. The van der Waals surface area contributed by atoms with E-state index in [4.69, 9.17) is 21.2 Å². The highest BCUT2D eigenvalue weighted by molar-refractivity contribution is 7.16. The first-order valence-corrected chi connectivity index (χ1v) is 13.1. The number of ether oxygens (including phenoxy) is 3. The lowest BCUT2D eigenvalue weighted by Crippen LogP contribution is -2.57. The van der Waals surface area contributed by atoms with Gasteiger partial charge in [-0.15, -0.1) is 9.24 Å². The first kappa shape index (κ1) is 27.3. The van der Waals surface area contributed by atoms with E-state index >= 15 is 0 Å². The minimum absolute atomic E-state index is 0.0869. The van der Waals surface area contributed by atoms with Gasteiger partial charge < -0.3 is 19.5 Å². The number of nitrogens with one attached hydrogen (secondary N) is 1. The fraction of sp³-hybridized carbons (Fsp3) is 0.957. The van der Waals surface area contributed by atoms with Crippen molar-refractivity contribution >= 4 is 15.2 Å². The highest BCUT2D eigenvalue weighted by atomic mass is 31.0. The molecule has 1 aliphatic rings. The summed E-state index contributed by atoms with van der Waals surface area (Å²) in [7, 11) is 2.56. The maximum atomic E-state index is 11.3. The Bertz CT molecular complexity index is 597. The fourth-order valence-electron chi connectivity index (χ4n) is 4.14. The maximum Gasteiger partial charge on any atom is 0.302 e. The van der Waals surface area contributed by atoms with E-state index in [2.05, 4.69) is 33.1 Å². The van der Waals surface area contributed by atoms with Crippen LogP contribution in [0.3, 0.4) is 0 Å². The molecule has 0 amide bonds. The first-order valence-electron chi connectivity index (χ1n) is 12.7. The van der Waals surface area contributed by atoms with E-state index in [0.717, 1.165) is 19.3 Å². The number of unbranched alkanes of at least 4 members (excludes halogenated alkanes) is 7. The fourth-order valence-corrected chi connectivity index (χ4v) is 4.39. The van der Waals surface area contributed by atoms with E-state index in [9.17, 15) is 4.79 Å². The van der Waals surface area contributed by atoms with Gasteiger partial charge in [0, 0.05) is 18.1 Å².